The minimum absolute atomic E-state index is 0.125. The molecule has 0 radical (unpaired) electrons. The van der Waals surface area contributed by atoms with Gasteiger partial charge in [-0.1, -0.05) is 0 Å². The van der Waals surface area contributed by atoms with E-state index in [2.05, 4.69) is 9.88 Å². The molecular weight excluding hydrogens is 330 g/mol. The van der Waals surface area contributed by atoms with Crippen LogP contribution in [0.25, 0.3) is 0 Å². The molecule has 6 heteroatoms. The minimum atomic E-state index is 0.125. The smallest absolute Gasteiger partial charge is 0.227 e. The molecule has 0 saturated carbocycles. The van der Waals surface area contributed by atoms with Gasteiger partial charge in [-0.05, 0) is 35.9 Å². The van der Waals surface area contributed by atoms with E-state index in [1.54, 1.807) is 14.2 Å². The summed E-state index contributed by atoms with van der Waals surface area (Å²) >= 11 is 0. The minimum Gasteiger partial charge on any atom is -0.497 e. The van der Waals surface area contributed by atoms with Crippen LogP contribution in [0.1, 0.15) is 11.1 Å². The summed E-state index contributed by atoms with van der Waals surface area (Å²) in [5.41, 5.74) is 2.11. The zero-order valence-electron chi connectivity index (χ0n) is 15.4. The van der Waals surface area contributed by atoms with Crippen molar-refractivity contribution in [1.29, 1.82) is 0 Å². The molecule has 1 aromatic heterocycles. The molecule has 0 spiro atoms. The van der Waals surface area contributed by atoms with Gasteiger partial charge in [0.15, 0.2) is 0 Å². The van der Waals surface area contributed by atoms with E-state index in [1.807, 2.05) is 47.6 Å². The first-order valence-electron chi connectivity index (χ1n) is 8.79. The molecule has 1 saturated heterocycles. The number of pyridine rings is 1. The molecule has 0 bridgehead atoms. The van der Waals surface area contributed by atoms with Crippen molar-refractivity contribution in [2.45, 2.75) is 13.0 Å². The monoisotopic (exact) mass is 355 g/mol. The maximum absolute atomic E-state index is 12.7. The van der Waals surface area contributed by atoms with Crippen molar-refractivity contribution in [2.24, 2.45) is 0 Å². The summed E-state index contributed by atoms with van der Waals surface area (Å²) in [4.78, 5) is 21.1. The van der Waals surface area contributed by atoms with Crippen LogP contribution in [0.15, 0.2) is 42.7 Å². The van der Waals surface area contributed by atoms with Crippen molar-refractivity contribution in [1.82, 2.24) is 14.8 Å². The highest BCUT2D eigenvalue weighted by molar-refractivity contribution is 5.79. The largest absolute Gasteiger partial charge is 0.497 e. The Bertz CT molecular complexity index is 728. The van der Waals surface area contributed by atoms with Gasteiger partial charge in [-0.25, -0.2) is 0 Å². The van der Waals surface area contributed by atoms with E-state index in [0.717, 1.165) is 49.8 Å². The number of piperazine rings is 1. The highest BCUT2D eigenvalue weighted by Gasteiger charge is 2.22. The first kappa shape index (κ1) is 18.2. The summed E-state index contributed by atoms with van der Waals surface area (Å²) in [7, 11) is 3.24. The van der Waals surface area contributed by atoms with Crippen molar-refractivity contribution in [2.75, 3.05) is 40.4 Å². The van der Waals surface area contributed by atoms with E-state index in [1.165, 1.54) is 5.56 Å². The van der Waals surface area contributed by atoms with Crippen LogP contribution >= 0.6 is 0 Å². The lowest BCUT2D eigenvalue weighted by Crippen LogP contribution is -2.48. The Morgan fingerprint density at radius 3 is 2.42 bits per heavy atom. The van der Waals surface area contributed by atoms with E-state index in [-0.39, 0.29) is 5.91 Å². The van der Waals surface area contributed by atoms with Gasteiger partial charge in [0.1, 0.15) is 11.5 Å². The van der Waals surface area contributed by atoms with Gasteiger partial charge in [0.05, 0.1) is 20.6 Å². The standard InChI is InChI=1S/C20H25N3O3/c1-25-18-3-4-19(26-2)17(13-18)14-20(24)23-11-9-22(10-12-23)15-16-5-7-21-8-6-16/h3-8,13H,9-12,14-15H2,1-2H3. The van der Waals surface area contributed by atoms with Crippen LogP contribution in [0.2, 0.25) is 0 Å². The number of aromatic nitrogens is 1. The molecule has 2 heterocycles. The third-order valence-electron chi connectivity index (χ3n) is 4.71. The summed E-state index contributed by atoms with van der Waals surface area (Å²) in [6.45, 7) is 4.15. The molecule has 1 amide bonds. The second kappa shape index (κ2) is 8.67. The number of hydrogen-bond donors (Lipinski definition) is 0. The lowest BCUT2D eigenvalue weighted by atomic mass is 10.1. The second-order valence-corrected chi connectivity index (χ2v) is 6.37. The number of carbonyl (C=O) groups is 1. The lowest BCUT2D eigenvalue weighted by Gasteiger charge is -2.35. The van der Waals surface area contributed by atoms with Crippen LogP contribution < -0.4 is 9.47 Å². The van der Waals surface area contributed by atoms with Crippen LogP contribution in [-0.2, 0) is 17.8 Å². The molecule has 2 aromatic rings. The fourth-order valence-corrected chi connectivity index (χ4v) is 3.20. The van der Waals surface area contributed by atoms with E-state index >= 15 is 0 Å². The Labute approximate surface area is 154 Å². The molecule has 0 unspecified atom stereocenters. The van der Waals surface area contributed by atoms with Crippen molar-refractivity contribution < 1.29 is 14.3 Å². The summed E-state index contributed by atoms with van der Waals surface area (Å²) in [6, 6.07) is 9.62. The third-order valence-corrected chi connectivity index (χ3v) is 4.71. The first-order valence-corrected chi connectivity index (χ1v) is 8.79. The number of nitrogens with zero attached hydrogens (tertiary/aromatic N) is 3. The van der Waals surface area contributed by atoms with E-state index in [0.29, 0.717) is 6.42 Å². The normalized spacial score (nSPS) is 14.9. The van der Waals surface area contributed by atoms with Gasteiger partial charge in [-0.15, -0.1) is 0 Å². The van der Waals surface area contributed by atoms with Crippen LogP contribution in [0.3, 0.4) is 0 Å². The Balaban J connectivity index is 1.55. The van der Waals surface area contributed by atoms with Gasteiger partial charge in [0, 0.05) is 50.7 Å². The SMILES string of the molecule is COc1ccc(OC)c(CC(=O)N2CCN(Cc3ccncc3)CC2)c1. The highest BCUT2D eigenvalue weighted by atomic mass is 16.5. The molecule has 1 aliphatic heterocycles. The van der Waals surface area contributed by atoms with Gasteiger partial charge < -0.3 is 14.4 Å². The first-order chi connectivity index (χ1) is 12.7. The van der Waals surface area contributed by atoms with Crippen molar-refractivity contribution in [3.63, 3.8) is 0 Å². The topological polar surface area (TPSA) is 54.9 Å². The number of benzene rings is 1. The van der Waals surface area contributed by atoms with Gasteiger partial charge >= 0.3 is 0 Å². The fraction of sp³-hybridized carbons (Fsp3) is 0.400. The molecule has 1 aliphatic rings. The predicted molar refractivity (Wildman–Crippen MR) is 99.3 cm³/mol. The van der Waals surface area contributed by atoms with Crippen LogP contribution in [0.4, 0.5) is 0 Å². The molecule has 6 nitrogen and oxygen atoms in total. The predicted octanol–water partition coefficient (Wildman–Crippen LogP) is 1.99. The number of rotatable bonds is 6. The summed E-state index contributed by atoms with van der Waals surface area (Å²) in [6.07, 6.45) is 3.96. The zero-order valence-corrected chi connectivity index (χ0v) is 15.4. The highest BCUT2D eigenvalue weighted by Crippen LogP contribution is 2.25. The number of hydrogen-bond acceptors (Lipinski definition) is 5. The molecular formula is C20H25N3O3. The second-order valence-electron chi connectivity index (χ2n) is 6.37. The molecule has 138 valence electrons. The Morgan fingerprint density at radius 1 is 1.04 bits per heavy atom. The van der Waals surface area contributed by atoms with Crippen molar-refractivity contribution in [3.05, 3.63) is 53.9 Å². The van der Waals surface area contributed by atoms with E-state index < -0.39 is 0 Å². The molecule has 26 heavy (non-hydrogen) atoms. The average Bonchev–Trinajstić information content (AvgIpc) is 2.69. The molecule has 0 N–H and O–H groups in total. The average molecular weight is 355 g/mol. The van der Waals surface area contributed by atoms with Crippen LogP contribution in [0.5, 0.6) is 11.5 Å². The van der Waals surface area contributed by atoms with Gasteiger partial charge in [0.2, 0.25) is 5.91 Å². The lowest BCUT2D eigenvalue weighted by molar-refractivity contribution is -0.132. The molecule has 0 aliphatic carbocycles. The van der Waals surface area contributed by atoms with E-state index in [4.69, 9.17) is 9.47 Å². The maximum atomic E-state index is 12.7. The van der Waals surface area contributed by atoms with Gasteiger partial charge in [-0.2, -0.15) is 0 Å². The fourth-order valence-electron chi connectivity index (χ4n) is 3.20. The Kier molecular flexibility index (Phi) is 6.07. The van der Waals surface area contributed by atoms with Crippen molar-refractivity contribution in [3.8, 4) is 11.5 Å². The van der Waals surface area contributed by atoms with Crippen molar-refractivity contribution >= 4 is 5.91 Å². The molecule has 1 fully saturated rings. The van der Waals surface area contributed by atoms with E-state index in [9.17, 15) is 4.79 Å². The van der Waals surface area contributed by atoms with Crippen LogP contribution in [0, 0.1) is 0 Å². The number of carbonyl (C=O) groups excluding carboxylic acids is 1. The zero-order chi connectivity index (χ0) is 18.4. The summed E-state index contributed by atoms with van der Waals surface area (Å²) in [5, 5.41) is 0. The Hall–Kier alpha value is -2.60. The quantitative estimate of drug-likeness (QED) is 0.793. The molecule has 3 rings (SSSR count). The molecule has 1 aromatic carbocycles. The van der Waals surface area contributed by atoms with Gasteiger partial charge in [0.25, 0.3) is 0 Å². The Morgan fingerprint density at radius 2 is 1.77 bits per heavy atom. The number of ether oxygens (including phenoxy) is 2. The van der Waals surface area contributed by atoms with Crippen LogP contribution in [-0.4, -0.2) is 61.1 Å². The number of methoxy groups -OCH3 is 2. The summed E-state index contributed by atoms with van der Waals surface area (Å²) < 4.78 is 10.6. The van der Waals surface area contributed by atoms with Gasteiger partial charge in [-0.3, -0.25) is 14.7 Å². The molecule has 0 atom stereocenters. The maximum Gasteiger partial charge on any atom is 0.227 e. The number of amides is 1. The third kappa shape index (κ3) is 4.52. The summed E-state index contributed by atoms with van der Waals surface area (Å²) in [5.74, 6) is 1.58.